The number of hydrogen-bond donors (Lipinski definition) is 2. The third-order valence-electron chi connectivity index (χ3n) is 4.69. The zero-order valence-electron chi connectivity index (χ0n) is 16.1. The smallest absolute Gasteiger partial charge is 0.371 e. The summed E-state index contributed by atoms with van der Waals surface area (Å²) in [4.78, 5) is 26.0. The molecule has 2 aromatic rings. The molecule has 3 rings (SSSR count). The second kappa shape index (κ2) is 9.73. The fourth-order valence-electron chi connectivity index (χ4n) is 3.14. The fraction of sp³-hybridized carbons (Fsp3) is 0.333. The first-order valence-corrected chi connectivity index (χ1v) is 9.48. The van der Waals surface area contributed by atoms with Gasteiger partial charge in [-0.1, -0.05) is 36.4 Å². The quantitative estimate of drug-likeness (QED) is 0.729. The predicted octanol–water partition coefficient (Wildman–Crippen LogP) is 2.83. The molecular formula is C21H22F3N3O3. The van der Waals surface area contributed by atoms with Gasteiger partial charge in [-0.3, -0.25) is 14.5 Å². The van der Waals surface area contributed by atoms with E-state index in [0.717, 1.165) is 23.8 Å². The Labute approximate surface area is 172 Å². The van der Waals surface area contributed by atoms with E-state index in [1.54, 1.807) is 0 Å². The van der Waals surface area contributed by atoms with Gasteiger partial charge in [0.05, 0.1) is 18.3 Å². The third-order valence-corrected chi connectivity index (χ3v) is 4.69. The number of rotatable bonds is 5. The number of morpholine rings is 1. The fourth-order valence-corrected chi connectivity index (χ4v) is 3.14. The lowest BCUT2D eigenvalue weighted by Gasteiger charge is -2.33. The molecule has 1 atom stereocenters. The van der Waals surface area contributed by atoms with Crippen molar-refractivity contribution in [3.8, 4) is 0 Å². The standard InChI is InChI=1S/C21H22F3N3O3/c22-21(23,24)16-7-4-8-17(13-16)26-20(29)19(28)25-9-10-27-11-12-30-18(14-27)15-5-2-1-3-6-15/h1-8,13,18H,9-12,14H2,(H,25,28)(H,26,29). The first-order valence-electron chi connectivity index (χ1n) is 9.48. The maximum Gasteiger partial charge on any atom is 0.416 e. The van der Waals surface area contributed by atoms with Crippen LogP contribution in [0.25, 0.3) is 0 Å². The van der Waals surface area contributed by atoms with Crippen LogP contribution < -0.4 is 10.6 Å². The van der Waals surface area contributed by atoms with E-state index < -0.39 is 23.6 Å². The van der Waals surface area contributed by atoms with Gasteiger partial charge < -0.3 is 15.4 Å². The van der Waals surface area contributed by atoms with E-state index >= 15 is 0 Å². The van der Waals surface area contributed by atoms with Crippen LogP contribution >= 0.6 is 0 Å². The molecule has 2 amide bonds. The van der Waals surface area contributed by atoms with E-state index in [2.05, 4.69) is 15.5 Å². The number of carbonyl (C=O) groups is 2. The highest BCUT2D eigenvalue weighted by atomic mass is 19.4. The average Bonchev–Trinajstić information content (AvgIpc) is 2.74. The Morgan fingerprint density at radius 2 is 1.83 bits per heavy atom. The molecule has 1 aliphatic rings. The third kappa shape index (κ3) is 6.04. The molecule has 1 heterocycles. The molecule has 1 saturated heterocycles. The molecule has 1 unspecified atom stereocenters. The minimum atomic E-state index is -4.53. The Kier molecular flexibility index (Phi) is 7.07. The van der Waals surface area contributed by atoms with Crippen molar-refractivity contribution in [2.75, 3.05) is 38.1 Å². The molecule has 30 heavy (non-hydrogen) atoms. The van der Waals surface area contributed by atoms with Gasteiger partial charge in [0.15, 0.2) is 0 Å². The number of halogens is 3. The largest absolute Gasteiger partial charge is 0.416 e. The molecule has 2 aromatic carbocycles. The number of nitrogens with zero attached hydrogens (tertiary/aromatic N) is 1. The van der Waals surface area contributed by atoms with Gasteiger partial charge in [-0.05, 0) is 23.8 Å². The van der Waals surface area contributed by atoms with Crippen molar-refractivity contribution in [3.63, 3.8) is 0 Å². The summed E-state index contributed by atoms with van der Waals surface area (Å²) < 4.78 is 44.0. The highest BCUT2D eigenvalue weighted by Crippen LogP contribution is 2.30. The van der Waals surface area contributed by atoms with Gasteiger partial charge in [0.2, 0.25) is 0 Å². The molecule has 9 heteroatoms. The van der Waals surface area contributed by atoms with Crippen LogP contribution in [0.4, 0.5) is 18.9 Å². The van der Waals surface area contributed by atoms with E-state index in [1.807, 2.05) is 30.3 Å². The number of amides is 2. The number of carbonyl (C=O) groups excluding carboxylic acids is 2. The minimum Gasteiger partial charge on any atom is -0.371 e. The van der Waals surface area contributed by atoms with Crippen LogP contribution in [0.15, 0.2) is 54.6 Å². The Balaban J connectivity index is 1.45. The lowest BCUT2D eigenvalue weighted by atomic mass is 10.1. The number of ether oxygens (including phenoxy) is 1. The molecule has 6 nitrogen and oxygen atoms in total. The summed E-state index contributed by atoms with van der Waals surface area (Å²) in [6, 6.07) is 13.9. The summed E-state index contributed by atoms with van der Waals surface area (Å²) in [5, 5.41) is 4.68. The number of nitrogens with one attached hydrogen (secondary N) is 2. The second-order valence-corrected chi connectivity index (χ2v) is 6.86. The molecule has 1 fully saturated rings. The number of benzene rings is 2. The van der Waals surface area contributed by atoms with Crippen LogP contribution in [0, 0.1) is 0 Å². The van der Waals surface area contributed by atoms with Crippen molar-refractivity contribution < 1.29 is 27.5 Å². The summed E-state index contributed by atoms with van der Waals surface area (Å²) >= 11 is 0. The first-order chi connectivity index (χ1) is 14.3. The highest BCUT2D eigenvalue weighted by molar-refractivity contribution is 6.39. The molecule has 0 saturated carbocycles. The maximum atomic E-state index is 12.7. The Morgan fingerprint density at radius 3 is 2.57 bits per heavy atom. The zero-order valence-corrected chi connectivity index (χ0v) is 16.1. The van der Waals surface area contributed by atoms with Crippen LogP contribution in [0.5, 0.6) is 0 Å². The zero-order chi connectivity index (χ0) is 21.6. The number of anilines is 1. The average molecular weight is 421 g/mol. The summed E-state index contributed by atoms with van der Waals surface area (Å²) in [6.45, 7) is 2.68. The lowest BCUT2D eigenvalue weighted by molar-refractivity contribution is -0.137. The van der Waals surface area contributed by atoms with Crippen molar-refractivity contribution in [1.29, 1.82) is 0 Å². The molecule has 0 aromatic heterocycles. The van der Waals surface area contributed by atoms with Crippen molar-refractivity contribution in [2.45, 2.75) is 12.3 Å². The first kappa shape index (κ1) is 21.8. The Morgan fingerprint density at radius 1 is 1.07 bits per heavy atom. The summed E-state index contributed by atoms with van der Waals surface area (Å²) in [7, 11) is 0. The molecule has 160 valence electrons. The van der Waals surface area contributed by atoms with Crippen molar-refractivity contribution >= 4 is 17.5 Å². The SMILES string of the molecule is O=C(NCCN1CCOC(c2ccccc2)C1)C(=O)Nc1cccc(C(F)(F)F)c1. The van der Waals surface area contributed by atoms with Crippen molar-refractivity contribution in [2.24, 2.45) is 0 Å². The van der Waals surface area contributed by atoms with E-state index in [9.17, 15) is 22.8 Å². The predicted molar refractivity (Wildman–Crippen MR) is 105 cm³/mol. The van der Waals surface area contributed by atoms with Crippen LogP contribution in [0.3, 0.4) is 0 Å². The van der Waals surface area contributed by atoms with Gasteiger partial charge in [0.1, 0.15) is 0 Å². The molecular weight excluding hydrogens is 399 g/mol. The van der Waals surface area contributed by atoms with Crippen LogP contribution in [-0.4, -0.2) is 49.5 Å². The Bertz CT molecular complexity index is 875. The summed E-state index contributed by atoms with van der Waals surface area (Å²) in [5.74, 6) is -1.92. The van der Waals surface area contributed by atoms with E-state index in [1.165, 1.54) is 6.07 Å². The van der Waals surface area contributed by atoms with E-state index in [-0.39, 0.29) is 18.3 Å². The van der Waals surface area contributed by atoms with Crippen LogP contribution in [0.1, 0.15) is 17.2 Å². The van der Waals surface area contributed by atoms with E-state index in [0.29, 0.717) is 26.2 Å². The van der Waals surface area contributed by atoms with Crippen LogP contribution in [-0.2, 0) is 20.5 Å². The van der Waals surface area contributed by atoms with Crippen molar-refractivity contribution in [3.05, 3.63) is 65.7 Å². The normalized spacial score (nSPS) is 17.4. The molecule has 0 radical (unpaired) electrons. The minimum absolute atomic E-state index is 0.0557. The van der Waals surface area contributed by atoms with Gasteiger partial charge in [0, 0.05) is 31.9 Å². The molecule has 0 spiro atoms. The van der Waals surface area contributed by atoms with Crippen LogP contribution in [0.2, 0.25) is 0 Å². The Hall–Kier alpha value is -2.91. The molecule has 0 bridgehead atoms. The second-order valence-electron chi connectivity index (χ2n) is 6.86. The van der Waals surface area contributed by atoms with Gasteiger partial charge in [-0.2, -0.15) is 13.2 Å². The number of hydrogen-bond acceptors (Lipinski definition) is 4. The van der Waals surface area contributed by atoms with Gasteiger partial charge in [-0.15, -0.1) is 0 Å². The molecule has 0 aliphatic carbocycles. The summed E-state index contributed by atoms with van der Waals surface area (Å²) in [6.07, 6.45) is -4.58. The highest BCUT2D eigenvalue weighted by Gasteiger charge is 2.30. The molecule has 1 aliphatic heterocycles. The van der Waals surface area contributed by atoms with Gasteiger partial charge >= 0.3 is 18.0 Å². The summed E-state index contributed by atoms with van der Waals surface area (Å²) in [5.41, 5.74) is 0.0801. The maximum absolute atomic E-state index is 12.7. The van der Waals surface area contributed by atoms with Crippen molar-refractivity contribution in [1.82, 2.24) is 10.2 Å². The molecule has 2 N–H and O–H groups in total. The number of alkyl halides is 3. The van der Waals surface area contributed by atoms with E-state index in [4.69, 9.17) is 4.74 Å². The monoisotopic (exact) mass is 421 g/mol. The lowest BCUT2D eigenvalue weighted by Crippen LogP contribution is -2.44. The topological polar surface area (TPSA) is 70.7 Å². The van der Waals surface area contributed by atoms with Gasteiger partial charge in [-0.25, -0.2) is 0 Å². The van der Waals surface area contributed by atoms with Gasteiger partial charge in [0.25, 0.3) is 0 Å².